The number of carbonyl (C=O) groups excluding carboxylic acids is 1. The van der Waals surface area contributed by atoms with Crippen LogP contribution in [0.1, 0.15) is 10.4 Å². The maximum absolute atomic E-state index is 11.0. The SMILES string of the molecule is NNC(=O)c1ccc(I)cc1Cl. The minimum absolute atomic E-state index is 0.378. The zero-order valence-electron chi connectivity index (χ0n) is 5.97. The van der Waals surface area contributed by atoms with Crippen LogP contribution in [0.15, 0.2) is 18.2 Å². The fourth-order valence-corrected chi connectivity index (χ4v) is 1.69. The average molecular weight is 296 g/mol. The van der Waals surface area contributed by atoms with Gasteiger partial charge in [0.1, 0.15) is 0 Å². The van der Waals surface area contributed by atoms with Crippen LogP contribution in [0, 0.1) is 3.57 Å². The number of hydrogen-bond acceptors (Lipinski definition) is 2. The standard InChI is InChI=1S/C7H6ClIN2O/c8-6-3-4(9)1-2-5(6)7(12)11-10/h1-3H,10H2,(H,11,12). The zero-order valence-corrected chi connectivity index (χ0v) is 8.89. The Hall–Kier alpha value is -0.330. The highest BCUT2D eigenvalue weighted by atomic mass is 127. The highest BCUT2D eigenvalue weighted by Gasteiger charge is 2.07. The summed E-state index contributed by atoms with van der Waals surface area (Å²) in [5, 5.41) is 0.407. The second-order valence-electron chi connectivity index (χ2n) is 2.10. The first-order valence-electron chi connectivity index (χ1n) is 3.11. The fraction of sp³-hybridized carbons (Fsp3) is 0. The van der Waals surface area contributed by atoms with Crippen LogP contribution < -0.4 is 11.3 Å². The van der Waals surface area contributed by atoms with Crippen LogP contribution in [0.4, 0.5) is 0 Å². The van der Waals surface area contributed by atoms with Crippen LogP contribution in [0.25, 0.3) is 0 Å². The molecule has 0 bridgehead atoms. The third kappa shape index (κ3) is 2.09. The van der Waals surface area contributed by atoms with Gasteiger partial charge in [-0.25, -0.2) is 5.84 Å². The molecule has 0 aromatic heterocycles. The van der Waals surface area contributed by atoms with E-state index in [4.69, 9.17) is 17.4 Å². The Morgan fingerprint density at radius 1 is 1.58 bits per heavy atom. The number of carbonyl (C=O) groups is 1. The summed E-state index contributed by atoms with van der Waals surface area (Å²) in [5.41, 5.74) is 2.40. The molecule has 5 heteroatoms. The average Bonchev–Trinajstić information content (AvgIpc) is 2.03. The smallest absolute Gasteiger partial charge is 0.266 e. The summed E-state index contributed by atoms with van der Waals surface area (Å²) in [5.74, 6) is 4.57. The molecule has 0 atom stereocenters. The molecule has 0 aliphatic heterocycles. The van der Waals surface area contributed by atoms with Gasteiger partial charge in [-0.3, -0.25) is 10.2 Å². The van der Waals surface area contributed by atoms with Gasteiger partial charge in [-0.1, -0.05) is 11.6 Å². The van der Waals surface area contributed by atoms with Crippen LogP contribution >= 0.6 is 34.2 Å². The molecule has 0 unspecified atom stereocenters. The summed E-state index contributed by atoms with van der Waals surface area (Å²) in [4.78, 5) is 11.0. The van der Waals surface area contributed by atoms with E-state index < -0.39 is 0 Å². The Bertz CT molecular complexity index is 316. The first-order chi connectivity index (χ1) is 5.65. The van der Waals surface area contributed by atoms with Gasteiger partial charge in [-0.05, 0) is 40.8 Å². The Labute approximate surface area is 88.4 Å². The molecule has 0 spiro atoms. The van der Waals surface area contributed by atoms with Gasteiger partial charge in [0.15, 0.2) is 0 Å². The van der Waals surface area contributed by atoms with Gasteiger partial charge in [0, 0.05) is 3.57 Å². The van der Waals surface area contributed by atoms with Crippen molar-refractivity contribution in [3.8, 4) is 0 Å². The number of nitrogens with two attached hydrogens (primary N) is 1. The normalized spacial score (nSPS) is 9.58. The predicted octanol–water partition coefficient (Wildman–Crippen LogP) is 1.55. The molecule has 0 aliphatic rings. The molecule has 1 rings (SSSR count). The second-order valence-corrected chi connectivity index (χ2v) is 3.75. The van der Waals surface area contributed by atoms with E-state index >= 15 is 0 Å². The summed E-state index contributed by atoms with van der Waals surface area (Å²) in [6, 6.07) is 5.12. The molecule has 0 saturated carbocycles. The maximum Gasteiger partial charge on any atom is 0.266 e. The van der Waals surface area contributed by atoms with E-state index in [0.717, 1.165) is 3.57 Å². The molecule has 3 N–H and O–H groups in total. The van der Waals surface area contributed by atoms with E-state index in [2.05, 4.69) is 22.6 Å². The molecular weight excluding hydrogens is 290 g/mol. The summed E-state index contributed by atoms with van der Waals surface area (Å²) in [6.07, 6.45) is 0. The zero-order chi connectivity index (χ0) is 9.14. The molecular formula is C7H6ClIN2O. The van der Waals surface area contributed by atoms with Gasteiger partial charge in [-0.15, -0.1) is 0 Å². The minimum Gasteiger partial charge on any atom is -0.290 e. The van der Waals surface area contributed by atoms with Gasteiger partial charge >= 0.3 is 0 Å². The quantitative estimate of drug-likeness (QED) is 0.357. The van der Waals surface area contributed by atoms with Gasteiger partial charge in [0.25, 0.3) is 5.91 Å². The largest absolute Gasteiger partial charge is 0.290 e. The van der Waals surface area contributed by atoms with Gasteiger partial charge in [-0.2, -0.15) is 0 Å². The second kappa shape index (κ2) is 4.06. The van der Waals surface area contributed by atoms with E-state index in [9.17, 15) is 4.79 Å². The molecule has 0 saturated heterocycles. The van der Waals surface area contributed by atoms with E-state index in [1.807, 2.05) is 5.43 Å². The van der Waals surface area contributed by atoms with Crippen molar-refractivity contribution in [3.63, 3.8) is 0 Å². The Kier molecular flexibility index (Phi) is 3.30. The van der Waals surface area contributed by atoms with Gasteiger partial charge < -0.3 is 0 Å². The van der Waals surface area contributed by atoms with Crippen molar-refractivity contribution in [3.05, 3.63) is 32.4 Å². The Morgan fingerprint density at radius 2 is 2.25 bits per heavy atom. The highest BCUT2D eigenvalue weighted by Crippen LogP contribution is 2.18. The van der Waals surface area contributed by atoms with Crippen LogP contribution in [0.3, 0.4) is 0 Å². The van der Waals surface area contributed by atoms with E-state index in [1.165, 1.54) is 0 Å². The van der Waals surface area contributed by atoms with E-state index in [0.29, 0.717) is 10.6 Å². The van der Waals surface area contributed by atoms with Crippen molar-refractivity contribution in [2.45, 2.75) is 0 Å². The molecule has 0 fully saturated rings. The van der Waals surface area contributed by atoms with Crippen molar-refractivity contribution in [1.29, 1.82) is 0 Å². The molecule has 1 aromatic carbocycles. The number of hydrogen-bond donors (Lipinski definition) is 2. The predicted molar refractivity (Wildman–Crippen MR) is 55.8 cm³/mol. The monoisotopic (exact) mass is 296 g/mol. The topological polar surface area (TPSA) is 55.1 Å². The number of amides is 1. The van der Waals surface area contributed by atoms with Crippen LogP contribution in [0.2, 0.25) is 5.02 Å². The maximum atomic E-state index is 11.0. The first kappa shape index (κ1) is 9.76. The molecule has 0 radical (unpaired) electrons. The summed E-state index contributed by atoms with van der Waals surface area (Å²) < 4.78 is 0.978. The summed E-state index contributed by atoms with van der Waals surface area (Å²) in [6.45, 7) is 0. The van der Waals surface area contributed by atoms with Crippen molar-refractivity contribution >= 4 is 40.1 Å². The van der Waals surface area contributed by atoms with Crippen molar-refractivity contribution in [2.24, 2.45) is 5.84 Å². The molecule has 0 heterocycles. The van der Waals surface area contributed by atoms with Crippen LogP contribution in [0.5, 0.6) is 0 Å². The Morgan fingerprint density at radius 3 is 2.75 bits per heavy atom. The van der Waals surface area contributed by atoms with Crippen molar-refractivity contribution in [1.82, 2.24) is 5.43 Å². The minimum atomic E-state index is -0.378. The number of nitrogen functional groups attached to an aromatic ring is 1. The highest BCUT2D eigenvalue weighted by molar-refractivity contribution is 14.1. The van der Waals surface area contributed by atoms with Crippen LogP contribution in [-0.2, 0) is 0 Å². The first-order valence-corrected chi connectivity index (χ1v) is 4.57. The molecule has 12 heavy (non-hydrogen) atoms. The molecule has 1 aromatic rings. The van der Waals surface area contributed by atoms with Gasteiger partial charge in [0.05, 0.1) is 10.6 Å². The fourth-order valence-electron chi connectivity index (χ4n) is 0.751. The van der Waals surface area contributed by atoms with E-state index in [-0.39, 0.29) is 5.91 Å². The van der Waals surface area contributed by atoms with E-state index in [1.54, 1.807) is 18.2 Å². The summed E-state index contributed by atoms with van der Waals surface area (Å²) >= 11 is 7.89. The summed E-state index contributed by atoms with van der Waals surface area (Å²) in [7, 11) is 0. The lowest BCUT2D eigenvalue weighted by atomic mass is 10.2. The third-order valence-corrected chi connectivity index (χ3v) is 2.29. The van der Waals surface area contributed by atoms with Crippen molar-refractivity contribution in [2.75, 3.05) is 0 Å². The number of halogens is 2. The molecule has 0 aliphatic carbocycles. The number of benzene rings is 1. The lowest BCUT2D eigenvalue weighted by Crippen LogP contribution is -2.30. The third-order valence-electron chi connectivity index (χ3n) is 1.31. The lowest BCUT2D eigenvalue weighted by Gasteiger charge is -2.01. The van der Waals surface area contributed by atoms with Crippen molar-refractivity contribution < 1.29 is 4.79 Å². The van der Waals surface area contributed by atoms with Crippen LogP contribution in [-0.4, -0.2) is 5.91 Å². The molecule has 64 valence electrons. The Balaban J connectivity index is 3.09. The number of nitrogens with one attached hydrogen (secondary N) is 1. The lowest BCUT2D eigenvalue weighted by molar-refractivity contribution is 0.0954. The molecule has 3 nitrogen and oxygen atoms in total. The number of rotatable bonds is 1. The molecule has 1 amide bonds. The van der Waals surface area contributed by atoms with Gasteiger partial charge in [0.2, 0.25) is 0 Å². The number of hydrazine groups is 1.